The molecule has 23 heavy (non-hydrogen) atoms. The van der Waals surface area contributed by atoms with E-state index in [0.717, 1.165) is 12.0 Å². The Bertz CT molecular complexity index is 709. The third-order valence-electron chi connectivity index (χ3n) is 5.01. The van der Waals surface area contributed by atoms with E-state index < -0.39 is 8.32 Å². The Hall–Kier alpha value is -1.63. The highest BCUT2D eigenvalue weighted by molar-refractivity contribution is 6.74. The summed E-state index contributed by atoms with van der Waals surface area (Å²) in [5.41, 5.74) is 1.09. The Balaban J connectivity index is 2.06. The van der Waals surface area contributed by atoms with Crippen molar-refractivity contribution in [1.29, 1.82) is 5.26 Å². The summed E-state index contributed by atoms with van der Waals surface area (Å²) < 4.78 is 6.22. The van der Waals surface area contributed by atoms with Crippen LogP contribution >= 0.6 is 0 Å². The summed E-state index contributed by atoms with van der Waals surface area (Å²) >= 11 is 0. The van der Waals surface area contributed by atoms with Crippen molar-refractivity contribution in [1.82, 2.24) is 0 Å². The first-order chi connectivity index (χ1) is 10.7. The fraction of sp³-hybridized carbons (Fsp3) is 0.450. The maximum absolute atomic E-state index is 9.55. The molecule has 2 rings (SSSR count). The minimum Gasteiger partial charge on any atom is -0.417 e. The Morgan fingerprint density at radius 3 is 2.35 bits per heavy atom. The van der Waals surface area contributed by atoms with Crippen LogP contribution in [0.4, 0.5) is 0 Å². The summed E-state index contributed by atoms with van der Waals surface area (Å²) in [6.07, 6.45) is 0.751. The van der Waals surface area contributed by atoms with Crippen LogP contribution in [0.5, 0.6) is 0 Å². The van der Waals surface area contributed by atoms with Crippen LogP contribution in [0.1, 0.15) is 38.7 Å². The number of rotatable bonds is 5. The van der Waals surface area contributed by atoms with Gasteiger partial charge in [0.25, 0.3) is 0 Å². The fourth-order valence-electron chi connectivity index (χ4n) is 2.38. The number of nitriles is 1. The normalized spacial score (nSPS) is 13.7. The summed E-state index contributed by atoms with van der Waals surface area (Å²) in [6, 6.07) is 17.0. The van der Waals surface area contributed by atoms with Crippen LogP contribution < -0.4 is 0 Å². The molecule has 0 heterocycles. The highest BCUT2D eigenvalue weighted by atomic mass is 28.4. The van der Waals surface area contributed by atoms with Crippen molar-refractivity contribution < 1.29 is 4.43 Å². The van der Waals surface area contributed by atoms with E-state index in [2.05, 4.69) is 70.3 Å². The van der Waals surface area contributed by atoms with Crippen molar-refractivity contribution in [3.8, 4) is 6.07 Å². The molecule has 2 aromatic rings. The molecular weight excluding hydrogens is 298 g/mol. The van der Waals surface area contributed by atoms with Crippen LogP contribution in [-0.2, 0) is 4.43 Å². The smallest absolute Gasteiger partial charge is 0.191 e. The van der Waals surface area contributed by atoms with E-state index in [9.17, 15) is 5.26 Å². The zero-order valence-electron chi connectivity index (χ0n) is 14.9. The van der Waals surface area contributed by atoms with Crippen molar-refractivity contribution in [3.05, 3.63) is 48.0 Å². The molecule has 0 aliphatic carbocycles. The van der Waals surface area contributed by atoms with Gasteiger partial charge >= 0.3 is 0 Å². The Kier molecular flexibility index (Phi) is 5.29. The summed E-state index contributed by atoms with van der Waals surface area (Å²) in [5.74, 6) is -0.107. The lowest BCUT2D eigenvalue weighted by atomic mass is 9.95. The van der Waals surface area contributed by atoms with Gasteiger partial charge in [0.15, 0.2) is 8.32 Å². The third kappa shape index (κ3) is 4.22. The molecular formula is C20H27NOSi. The Morgan fingerprint density at radius 1 is 1.09 bits per heavy atom. The standard InChI is InChI=1S/C20H27NOSi/c1-20(2,3)23(4,5)22-13-12-19(15-21)18-11-10-16-8-6-7-9-17(16)14-18/h6-11,14,19H,12-13H2,1-5H3. The molecule has 0 amide bonds. The molecule has 0 radical (unpaired) electrons. The lowest BCUT2D eigenvalue weighted by Crippen LogP contribution is -2.41. The topological polar surface area (TPSA) is 33.0 Å². The van der Waals surface area contributed by atoms with Gasteiger partial charge in [-0.2, -0.15) is 5.26 Å². The SMILES string of the molecule is CC(C)(C)[Si](C)(C)OCCC(C#N)c1ccc2ccccc2c1. The summed E-state index contributed by atoms with van der Waals surface area (Å²) in [6.45, 7) is 11.9. The summed E-state index contributed by atoms with van der Waals surface area (Å²) in [5, 5.41) is 12.2. The van der Waals surface area contributed by atoms with Gasteiger partial charge in [0.2, 0.25) is 0 Å². The van der Waals surface area contributed by atoms with Gasteiger partial charge in [0.1, 0.15) is 0 Å². The van der Waals surface area contributed by atoms with Gasteiger partial charge in [-0.05, 0) is 47.0 Å². The molecule has 0 N–H and O–H groups in total. The van der Waals surface area contributed by atoms with Gasteiger partial charge in [0, 0.05) is 6.61 Å². The molecule has 0 aliphatic rings. The van der Waals surface area contributed by atoms with E-state index in [4.69, 9.17) is 4.43 Å². The lowest BCUT2D eigenvalue weighted by Gasteiger charge is -2.36. The van der Waals surface area contributed by atoms with Crippen molar-refractivity contribution in [2.24, 2.45) is 0 Å². The van der Waals surface area contributed by atoms with Gasteiger partial charge in [-0.1, -0.05) is 57.2 Å². The van der Waals surface area contributed by atoms with Crippen LogP contribution in [0.15, 0.2) is 42.5 Å². The molecule has 2 aromatic carbocycles. The number of fused-ring (bicyclic) bond motifs is 1. The monoisotopic (exact) mass is 325 g/mol. The van der Waals surface area contributed by atoms with Crippen molar-refractivity contribution in [2.45, 2.75) is 51.2 Å². The zero-order chi connectivity index (χ0) is 17.1. The lowest BCUT2D eigenvalue weighted by molar-refractivity contribution is 0.278. The van der Waals surface area contributed by atoms with Gasteiger partial charge in [-0.3, -0.25) is 0 Å². The molecule has 1 unspecified atom stereocenters. The average molecular weight is 326 g/mol. The minimum atomic E-state index is -1.74. The predicted octanol–water partition coefficient (Wildman–Crippen LogP) is 5.86. The molecule has 0 fully saturated rings. The highest BCUT2D eigenvalue weighted by Crippen LogP contribution is 2.37. The molecule has 0 aliphatic heterocycles. The fourth-order valence-corrected chi connectivity index (χ4v) is 3.44. The molecule has 0 saturated heterocycles. The molecule has 122 valence electrons. The molecule has 3 heteroatoms. The number of benzene rings is 2. The quantitative estimate of drug-likeness (QED) is 0.645. The van der Waals surface area contributed by atoms with Gasteiger partial charge in [0.05, 0.1) is 12.0 Å². The second kappa shape index (κ2) is 6.86. The van der Waals surface area contributed by atoms with Crippen LogP contribution in [0.3, 0.4) is 0 Å². The molecule has 0 saturated carbocycles. The number of hydrogen-bond acceptors (Lipinski definition) is 2. The average Bonchev–Trinajstić information content (AvgIpc) is 2.50. The highest BCUT2D eigenvalue weighted by Gasteiger charge is 2.37. The Morgan fingerprint density at radius 2 is 1.74 bits per heavy atom. The second-order valence-electron chi connectivity index (χ2n) is 7.69. The van der Waals surface area contributed by atoms with E-state index >= 15 is 0 Å². The van der Waals surface area contributed by atoms with Gasteiger partial charge in [-0.15, -0.1) is 0 Å². The van der Waals surface area contributed by atoms with E-state index in [1.54, 1.807) is 0 Å². The first kappa shape index (κ1) is 17.7. The minimum absolute atomic E-state index is 0.107. The van der Waals surface area contributed by atoms with Crippen LogP contribution in [-0.4, -0.2) is 14.9 Å². The largest absolute Gasteiger partial charge is 0.417 e. The van der Waals surface area contributed by atoms with Gasteiger partial charge in [-0.25, -0.2) is 0 Å². The molecule has 0 bridgehead atoms. The van der Waals surface area contributed by atoms with Crippen LogP contribution in [0.2, 0.25) is 18.1 Å². The Labute approximate surface area is 141 Å². The van der Waals surface area contributed by atoms with Crippen LogP contribution in [0, 0.1) is 11.3 Å². The van der Waals surface area contributed by atoms with Crippen molar-refractivity contribution in [2.75, 3.05) is 6.61 Å². The second-order valence-corrected chi connectivity index (χ2v) is 12.5. The van der Waals surface area contributed by atoms with Crippen molar-refractivity contribution in [3.63, 3.8) is 0 Å². The summed E-state index contributed by atoms with van der Waals surface area (Å²) in [4.78, 5) is 0. The van der Waals surface area contributed by atoms with E-state index in [-0.39, 0.29) is 11.0 Å². The van der Waals surface area contributed by atoms with Crippen molar-refractivity contribution >= 4 is 19.1 Å². The van der Waals surface area contributed by atoms with E-state index in [1.807, 2.05) is 12.1 Å². The third-order valence-corrected chi connectivity index (χ3v) is 9.55. The number of nitrogens with zero attached hydrogens (tertiary/aromatic N) is 1. The summed E-state index contributed by atoms with van der Waals surface area (Å²) in [7, 11) is -1.74. The van der Waals surface area contributed by atoms with E-state index in [0.29, 0.717) is 6.61 Å². The first-order valence-electron chi connectivity index (χ1n) is 8.27. The van der Waals surface area contributed by atoms with Gasteiger partial charge < -0.3 is 4.43 Å². The predicted molar refractivity (Wildman–Crippen MR) is 100 cm³/mol. The molecule has 2 nitrogen and oxygen atoms in total. The number of hydrogen-bond donors (Lipinski definition) is 0. The van der Waals surface area contributed by atoms with E-state index in [1.165, 1.54) is 10.8 Å². The molecule has 0 spiro atoms. The maximum Gasteiger partial charge on any atom is 0.191 e. The van der Waals surface area contributed by atoms with Crippen LogP contribution in [0.25, 0.3) is 10.8 Å². The maximum atomic E-state index is 9.55. The molecule has 0 aromatic heterocycles. The molecule has 1 atom stereocenters. The first-order valence-corrected chi connectivity index (χ1v) is 11.2. The zero-order valence-corrected chi connectivity index (χ0v) is 15.9.